The molecule has 1 N–H and O–H groups in total. The molecule has 2 rings (SSSR count). The van der Waals surface area contributed by atoms with Gasteiger partial charge in [-0.2, -0.15) is 0 Å². The van der Waals surface area contributed by atoms with Gasteiger partial charge in [-0.3, -0.25) is 0 Å². The third-order valence-electron chi connectivity index (χ3n) is 2.94. The summed E-state index contributed by atoms with van der Waals surface area (Å²) in [4.78, 5) is 9.16. The SMILES string of the molecule is CCNc1nc(C(OC)C2CC2)nc(C)c1I. The highest BCUT2D eigenvalue weighted by Crippen LogP contribution is 2.42. The van der Waals surface area contributed by atoms with Crippen molar-refractivity contribution >= 4 is 28.4 Å². The lowest BCUT2D eigenvalue weighted by molar-refractivity contribution is 0.0771. The lowest BCUT2D eigenvalue weighted by Crippen LogP contribution is -2.13. The van der Waals surface area contributed by atoms with E-state index in [2.05, 4.69) is 44.8 Å². The van der Waals surface area contributed by atoms with Crippen LogP contribution in [0.15, 0.2) is 0 Å². The van der Waals surface area contributed by atoms with E-state index in [1.54, 1.807) is 7.11 Å². The van der Waals surface area contributed by atoms with Crippen molar-refractivity contribution in [3.8, 4) is 0 Å². The van der Waals surface area contributed by atoms with E-state index in [0.717, 1.165) is 27.5 Å². The molecule has 1 aliphatic carbocycles. The number of methoxy groups -OCH3 is 1. The number of aryl methyl sites for hydroxylation is 1. The first-order valence-electron chi connectivity index (χ1n) is 5.98. The Morgan fingerprint density at radius 3 is 2.71 bits per heavy atom. The molecule has 0 bridgehead atoms. The summed E-state index contributed by atoms with van der Waals surface area (Å²) in [7, 11) is 1.74. The van der Waals surface area contributed by atoms with Gasteiger partial charge in [0.1, 0.15) is 11.9 Å². The number of hydrogen-bond donors (Lipinski definition) is 1. The maximum Gasteiger partial charge on any atom is 0.160 e. The molecular formula is C12H18IN3O. The standard InChI is InChI=1S/C12H18IN3O/c1-4-14-11-9(13)7(2)15-12(16-11)10(17-3)8-5-6-8/h8,10H,4-6H2,1-3H3,(H,14,15,16). The number of halogens is 1. The summed E-state index contributed by atoms with van der Waals surface area (Å²) in [6, 6.07) is 0. The molecule has 94 valence electrons. The van der Waals surface area contributed by atoms with Crippen LogP contribution in [-0.4, -0.2) is 23.6 Å². The Morgan fingerprint density at radius 1 is 1.47 bits per heavy atom. The van der Waals surface area contributed by atoms with E-state index in [4.69, 9.17) is 4.74 Å². The number of aromatic nitrogens is 2. The molecule has 0 aliphatic heterocycles. The second-order valence-corrected chi connectivity index (χ2v) is 5.43. The molecule has 1 atom stereocenters. The molecule has 17 heavy (non-hydrogen) atoms. The molecule has 1 aromatic rings. The van der Waals surface area contributed by atoms with Crippen LogP contribution in [0.2, 0.25) is 0 Å². The van der Waals surface area contributed by atoms with Crippen molar-refractivity contribution in [2.75, 3.05) is 19.0 Å². The topological polar surface area (TPSA) is 47.0 Å². The van der Waals surface area contributed by atoms with Crippen LogP contribution in [0.25, 0.3) is 0 Å². The Balaban J connectivity index is 2.33. The zero-order valence-corrected chi connectivity index (χ0v) is 12.6. The molecule has 4 nitrogen and oxygen atoms in total. The lowest BCUT2D eigenvalue weighted by Gasteiger charge is -2.16. The third kappa shape index (κ3) is 2.88. The number of ether oxygens (including phenoxy) is 1. The first kappa shape index (κ1) is 13.0. The maximum absolute atomic E-state index is 5.53. The fourth-order valence-electron chi connectivity index (χ4n) is 1.90. The van der Waals surface area contributed by atoms with Crippen molar-refractivity contribution < 1.29 is 4.74 Å². The molecule has 1 saturated carbocycles. The van der Waals surface area contributed by atoms with Gasteiger partial charge in [0.15, 0.2) is 5.82 Å². The van der Waals surface area contributed by atoms with Gasteiger partial charge in [-0.05, 0) is 55.2 Å². The summed E-state index contributed by atoms with van der Waals surface area (Å²) in [6.45, 7) is 4.96. The van der Waals surface area contributed by atoms with E-state index in [1.165, 1.54) is 12.8 Å². The predicted molar refractivity (Wildman–Crippen MR) is 76.1 cm³/mol. The minimum Gasteiger partial charge on any atom is -0.373 e. The van der Waals surface area contributed by atoms with Gasteiger partial charge >= 0.3 is 0 Å². The van der Waals surface area contributed by atoms with E-state index in [1.807, 2.05) is 6.92 Å². The van der Waals surface area contributed by atoms with Crippen LogP contribution >= 0.6 is 22.6 Å². The minimum absolute atomic E-state index is 0.0584. The first-order valence-corrected chi connectivity index (χ1v) is 7.06. The zero-order chi connectivity index (χ0) is 12.4. The third-order valence-corrected chi connectivity index (χ3v) is 4.23. The summed E-state index contributed by atoms with van der Waals surface area (Å²) < 4.78 is 6.63. The van der Waals surface area contributed by atoms with Crippen molar-refractivity contribution in [2.45, 2.75) is 32.8 Å². The highest BCUT2D eigenvalue weighted by atomic mass is 127. The van der Waals surface area contributed by atoms with Crippen LogP contribution in [-0.2, 0) is 4.74 Å². The van der Waals surface area contributed by atoms with Crippen molar-refractivity contribution in [3.05, 3.63) is 15.1 Å². The number of nitrogens with one attached hydrogen (secondary N) is 1. The van der Waals surface area contributed by atoms with Crippen LogP contribution in [0.4, 0.5) is 5.82 Å². The Morgan fingerprint density at radius 2 is 2.18 bits per heavy atom. The molecule has 1 fully saturated rings. The highest BCUT2D eigenvalue weighted by molar-refractivity contribution is 14.1. The normalized spacial score (nSPS) is 16.9. The smallest absolute Gasteiger partial charge is 0.160 e. The van der Waals surface area contributed by atoms with E-state index in [0.29, 0.717) is 5.92 Å². The number of rotatable bonds is 5. The Hall–Kier alpha value is -0.430. The number of nitrogens with zero attached hydrogens (tertiary/aromatic N) is 2. The van der Waals surface area contributed by atoms with Crippen LogP contribution < -0.4 is 5.32 Å². The minimum atomic E-state index is 0.0584. The van der Waals surface area contributed by atoms with Gasteiger partial charge in [0.2, 0.25) is 0 Å². The summed E-state index contributed by atoms with van der Waals surface area (Å²) in [6.07, 6.45) is 2.51. The second kappa shape index (κ2) is 5.48. The molecule has 1 aliphatic rings. The first-order chi connectivity index (χ1) is 8.17. The Bertz CT molecular complexity index is 407. The quantitative estimate of drug-likeness (QED) is 0.832. The summed E-state index contributed by atoms with van der Waals surface area (Å²) in [5.74, 6) is 2.36. The summed E-state index contributed by atoms with van der Waals surface area (Å²) >= 11 is 2.29. The van der Waals surface area contributed by atoms with Crippen LogP contribution in [0.3, 0.4) is 0 Å². The van der Waals surface area contributed by atoms with E-state index in [9.17, 15) is 0 Å². The average molecular weight is 347 g/mol. The second-order valence-electron chi connectivity index (χ2n) is 4.35. The molecule has 0 radical (unpaired) electrons. The molecule has 0 aromatic carbocycles. The Kier molecular flexibility index (Phi) is 4.19. The molecule has 0 spiro atoms. The van der Waals surface area contributed by atoms with E-state index in [-0.39, 0.29) is 6.10 Å². The van der Waals surface area contributed by atoms with Crippen LogP contribution in [0, 0.1) is 16.4 Å². The van der Waals surface area contributed by atoms with Crippen molar-refractivity contribution in [1.29, 1.82) is 0 Å². The molecule has 0 amide bonds. The largest absolute Gasteiger partial charge is 0.373 e. The van der Waals surface area contributed by atoms with Crippen molar-refractivity contribution in [1.82, 2.24) is 9.97 Å². The van der Waals surface area contributed by atoms with Gasteiger partial charge in [-0.25, -0.2) is 9.97 Å². The van der Waals surface area contributed by atoms with E-state index >= 15 is 0 Å². The molecule has 5 heteroatoms. The van der Waals surface area contributed by atoms with Gasteiger partial charge in [0.25, 0.3) is 0 Å². The average Bonchev–Trinajstić information content (AvgIpc) is 3.11. The monoisotopic (exact) mass is 347 g/mol. The molecule has 1 heterocycles. The van der Waals surface area contributed by atoms with Gasteiger partial charge in [-0.1, -0.05) is 0 Å². The van der Waals surface area contributed by atoms with Gasteiger partial charge in [-0.15, -0.1) is 0 Å². The maximum atomic E-state index is 5.53. The zero-order valence-electron chi connectivity index (χ0n) is 10.5. The van der Waals surface area contributed by atoms with Gasteiger partial charge < -0.3 is 10.1 Å². The van der Waals surface area contributed by atoms with Crippen molar-refractivity contribution in [2.24, 2.45) is 5.92 Å². The summed E-state index contributed by atoms with van der Waals surface area (Å²) in [5.41, 5.74) is 1.02. The van der Waals surface area contributed by atoms with Gasteiger partial charge in [0, 0.05) is 13.7 Å². The molecule has 1 unspecified atom stereocenters. The van der Waals surface area contributed by atoms with Crippen LogP contribution in [0.5, 0.6) is 0 Å². The summed E-state index contributed by atoms with van der Waals surface area (Å²) in [5, 5.41) is 3.28. The van der Waals surface area contributed by atoms with Gasteiger partial charge in [0.05, 0.1) is 9.26 Å². The predicted octanol–water partition coefficient (Wildman–Crippen LogP) is 2.92. The fourth-order valence-corrected chi connectivity index (χ4v) is 2.33. The van der Waals surface area contributed by atoms with Crippen LogP contribution in [0.1, 0.15) is 37.4 Å². The molecule has 1 aromatic heterocycles. The number of hydrogen-bond acceptors (Lipinski definition) is 4. The highest BCUT2D eigenvalue weighted by Gasteiger charge is 2.34. The lowest BCUT2D eigenvalue weighted by atomic mass is 10.2. The van der Waals surface area contributed by atoms with Crippen molar-refractivity contribution in [3.63, 3.8) is 0 Å². The molecular weight excluding hydrogens is 329 g/mol. The van der Waals surface area contributed by atoms with E-state index < -0.39 is 0 Å². The number of anilines is 1. The fraction of sp³-hybridized carbons (Fsp3) is 0.667. The molecule has 0 saturated heterocycles. The Labute approximate surface area is 116 Å².